The minimum Gasteiger partial charge on any atom is -0.349 e. The maximum atomic E-state index is 12.4. The summed E-state index contributed by atoms with van der Waals surface area (Å²) in [6, 6.07) is 7.45. The zero-order valence-corrected chi connectivity index (χ0v) is 14.8. The van der Waals surface area contributed by atoms with Crippen molar-refractivity contribution in [2.45, 2.75) is 52.0 Å². The lowest BCUT2D eigenvalue weighted by Crippen LogP contribution is -2.36. The predicted octanol–water partition coefficient (Wildman–Crippen LogP) is 3.03. The maximum absolute atomic E-state index is 12.4. The maximum Gasteiger partial charge on any atom is 0.251 e. The lowest BCUT2D eigenvalue weighted by atomic mass is 9.95. The molecule has 1 aromatic rings. The Hall–Kier alpha value is -1.88. The number of rotatable bonds is 7. The molecule has 1 saturated carbocycles. The van der Waals surface area contributed by atoms with Crippen molar-refractivity contribution < 1.29 is 9.59 Å². The van der Waals surface area contributed by atoms with E-state index in [1.54, 1.807) is 12.1 Å². The Labute approximate surface area is 144 Å². The fourth-order valence-corrected chi connectivity index (χ4v) is 3.10. The molecule has 1 aromatic carbocycles. The fraction of sp³-hybridized carbons (Fsp3) is 0.579. The Morgan fingerprint density at radius 3 is 2.50 bits per heavy atom. The number of hydrogen-bond acceptors (Lipinski definition) is 3. The number of carbonyl (C=O) groups excluding carboxylic acids is 2. The molecule has 1 fully saturated rings. The van der Waals surface area contributed by atoms with E-state index >= 15 is 0 Å². The molecule has 0 bridgehead atoms. The highest BCUT2D eigenvalue weighted by molar-refractivity contribution is 5.97. The number of carbonyl (C=O) groups is 2. The average Bonchev–Trinajstić information content (AvgIpc) is 2.60. The van der Waals surface area contributed by atoms with Crippen molar-refractivity contribution in [3.8, 4) is 0 Å². The van der Waals surface area contributed by atoms with Crippen LogP contribution in [0.25, 0.3) is 0 Å². The highest BCUT2D eigenvalue weighted by Gasteiger charge is 2.17. The van der Waals surface area contributed by atoms with E-state index in [1.165, 1.54) is 19.3 Å². The van der Waals surface area contributed by atoms with Gasteiger partial charge in [-0.1, -0.05) is 39.2 Å². The Morgan fingerprint density at radius 1 is 1.12 bits per heavy atom. The van der Waals surface area contributed by atoms with Crippen molar-refractivity contribution in [3.63, 3.8) is 0 Å². The highest BCUT2D eigenvalue weighted by atomic mass is 16.2. The molecule has 2 N–H and O–H groups in total. The summed E-state index contributed by atoms with van der Waals surface area (Å²) < 4.78 is 0. The Bertz CT molecular complexity index is 549. The molecule has 0 unspecified atom stereocenters. The first-order chi connectivity index (χ1) is 11.6. The van der Waals surface area contributed by atoms with Crippen LogP contribution in [0, 0.1) is 0 Å². The first kappa shape index (κ1) is 18.5. The lowest BCUT2D eigenvalue weighted by Gasteiger charge is -2.22. The number of hydrogen-bond donors (Lipinski definition) is 2. The molecule has 0 saturated heterocycles. The van der Waals surface area contributed by atoms with Gasteiger partial charge in [0.15, 0.2) is 0 Å². The van der Waals surface area contributed by atoms with Crippen molar-refractivity contribution in [1.82, 2.24) is 10.2 Å². The molecule has 132 valence electrons. The van der Waals surface area contributed by atoms with Crippen LogP contribution < -0.4 is 10.6 Å². The van der Waals surface area contributed by atoms with Crippen LogP contribution in [0.5, 0.6) is 0 Å². The summed E-state index contributed by atoms with van der Waals surface area (Å²) in [6.45, 7) is 6.12. The minimum atomic E-state index is -0.0539. The van der Waals surface area contributed by atoms with Crippen LogP contribution in [0.4, 0.5) is 5.69 Å². The van der Waals surface area contributed by atoms with Gasteiger partial charge in [0, 0.05) is 17.3 Å². The summed E-state index contributed by atoms with van der Waals surface area (Å²) in [4.78, 5) is 26.5. The fourth-order valence-electron chi connectivity index (χ4n) is 3.10. The van der Waals surface area contributed by atoms with Gasteiger partial charge in [0.25, 0.3) is 5.91 Å². The standard InChI is InChI=1S/C19H29N3O2/c1-3-22(4-2)14-18(23)20-17-12-8-9-15(13-17)19(24)21-16-10-6-5-7-11-16/h8-9,12-13,16H,3-7,10-11,14H2,1-2H3,(H,20,23)(H,21,24). The van der Waals surface area contributed by atoms with Gasteiger partial charge in [0.05, 0.1) is 6.54 Å². The SMILES string of the molecule is CCN(CC)CC(=O)Nc1cccc(C(=O)NC2CCCCC2)c1. The monoisotopic (exact) mass is 331 g/mol. The number of anilines is 1. The molecular weight excluding hydrogens is 302 g/mol. The van der Waals surface area contributed by atoms with Crippen molar-refractivity contribution >= 4 is 17.5 Å². The van der Waals surface area contributed by atoms with Crippen LogP contribution >= 0.6 is 0 Å². The second-order valence-corrected chi connectivity index (χ2v) is 6.40. The molecule has 24 heavy (non-hydrogen) atoms. The van der Waals surface area contributed by atoms with E-state index in [-0.39, 0.29) is 17.9 Å². The summed E-state index contributed by atoms with van der Waals surface area (Å²) in [6.07, 6.45) is 5.76. The van der Waals surface area contributed by atoms with E-state index < -0.39 is 0 Å². The van der Waals surface area contributed by atoms with Gasteiger partial charge in [-0.05, 0) is 44.1 Å². The summed E-state index contributed by atoms with van der Waals surface area (Å²) in [5.41, 5.74) is 1.27. The number of nitrogens with one attached hydrogen (secondary N) is 2. The van der Waals surface area contributed by atoms with Gasteiger partial charge in [0.1, 0.15) is 0 Å². The number of nitrogens with zero attached hydrogens (tertiary/aromatic N) is 1. The van der Waals surface area contributed by atoms with Crippen LogP contribution in [0.3, 0.4) is 0 Å². The van der Waals surface area contributed by atoms with E-state index in [9.17, 15) is 9.59 Å². The highest BCUT2D eigenvalue weighted by Crippen LogP contribution is 2.18. The zero-order valence-electron chi connectivity index (χ0n) is 14.8. The van der Waals surface area contributed by atoms with E-state index in [0.29, 0.717) is 17.8 Å². The van der Waals surface area contributed by atoms with Crippen LogP contribution in [0.15, 0.2) is 24.3 Å². The Morgan fingerprint density at radius 2 is 1.83 bits per heavy atom. The van der Waals surface area contributed by atoms with Crippen LogP contribution in [-0.2, 0) is 4.79 Å². The van der Waals surface area contributed by atoms with Gasteiger partial charge in [-0.25, -0.2) is 0 Å². The molecule has 1 aliphatic rings. The molecule has 2 rings (SSSR count). The number of amides is 2. The topological polar surface area (TPSA) is 61.4 Å². The third kappa shape index (κ3) is 5.64. The van der Waals surface area contributed by atoms with Crippen LogP contribution in [0.1, 0.15) is 56.3 Å². The van der Waals surface area contributed by atoms with Crippen LogP contribution in [0.2, 0.25) is 0 Å². The zero-order chi connectivity index (χ0) is 17.4. The van der Waals surface area contributed by atoms with Crippen LogP contribution in [-0.4, -0.2) is 42.4 Å². The largest absolute Gasteiger partial charge is 0.349 e. The molecule has 5 heteroatoms. The molecule has 0 aromatic heterocycles. The quantitative estimate of drug-likeness (QED) is 0.807. The summed E-state index contributed by atoms with van der Waals surface area (Å²) >= 11 is 0. The average molecular weight is 331 g/mol. The third-order valence-electron chi connectivity index (χ3n) is 4.61. The van der Waals surface area contributed by atoms with E-state index in [2.05, 4.69) is 15.5 Å². The first-order valence-corrected chi connectivity index (χ1v) is 9.05. The van der Waals surface area contributed by atoms with Gasteiger partial charge in [-0.3, -0.25) is 14.5 Å². The van der Waals surface area contributed by atoms with E-state index in [4.69, 9.17) is 0 Å². The summed E-state index contributed by atoms with van der Waals surface area (Å²) in [5.74, 6) is -0.106. The van der Waals surface area contributed by atoms with Crippen molar-refractivity contribution in [3.05, 3.63) is 29.8 Å². The van der Waals surface area contributed by atoms with Gasteiger partial charge >= 0.3 is 0 Å². The van der Waals surface area contributed by atoms with Crippen molar-refractivity contribution in [2.24, 2.45) is 0 Å². The molecular formula is C19H29N3O2. The predicted molar refractivity (Wildman–Crippen MR) is 97.2 cm³/mol. The summed E-state index contributed by atoms with van der Waals surface area (Å²) in [5, 5.41) is 5.99. The lowest BCUT2D eigenvalue weighted by molar-refractivity contribution is -0.117. The normalized spacial score (nSPS) is 15.3. The van der Waals surface area contributed by atoms with E-state index in [0.717, 1.165) is 25.9 Å². The van der Waals surface area contributed by atoms with Gasteiger partial charge in [0.2, 0.25) is 5.91 Å². The first-order valence-electron chi connectivity index (χ1n) is 9.05. The molecule has 0 radical (unpaired) electrons. The molecule has 0 atom stereocenters. The molecule has 0 aliphatic heterocycles. The van der Waals surface area contributed by atoms with Crippen molar-refractivity contribution in [2.75, 3.05) is 25.0 Å². The second-order valence-electron chi connectivity index (χ2n) is 6.40. The van der Waals surface area contributed by atoms with Gasteiger partial charge < -0.3 is 10.6 Å². The smallest absolute Gasteiger partial charge is 0.251 e. The van der Waals surface area contributed by atoms with Crippen molar-refractivity contribution in [1.29, 1.82) is 0 Å². The second kappa shape index (κ2) is 9.42. The van der Waals surface area contributed by atoms with Gasteiger partial charge in [-0.15, -0.1) is 0 Å². The minimum absolute atomic E-state index is 0.0523. The molecule has 0 heterocycles. The Balaban J connectivity index is 1.92. The molecule has 5 nitrogen and oxygen atoms in total. The summed E-state index contributed by atoms with van der Waals surface area (Å²) in [7, 11) is 0. The number of benzene rings is 1. The molecule has 0 spiro atoms. The Kier molecular flexibility index (Phi) is 7.25. The molecule has 2 amide bonds. The van der Waals surface area contributed by atoms with Gasteiger partial charge in [-0.2, -0.15) is 0 Å². The molecule has 1 aliphatic carbocycles. The van der Waals surface area contributed by atoms with E-state index in [1.807, 2.05) is 26.0 Å². The number of likely N-dealkylation sites (N-methyl/N-ethyl adjacent to an activating group) is 1. The third-order valence-corrected chi connectivity index (χ3v) is 4.61.